The van der Waals surface area contributed by atoms with Crippen LogP contribution in [0.25, 0.3) is 10.8 Å². The molecule has 3 N–H and O–H groups in total. The smallest absolute Gasteiger partial charge is 0.189 e. The third-order valence-electron chi connectivity index (χ3n) is 4.20. The normalized spacial score (nSPS) is 16.3. The van der Waals surface area contributed by atoms with Gasteiger partial charge in [-0.05, 0) is 35.2 Å². The van der Waals surface area contributed by atoms with E-state index < -0.39 is 0 Å². The van der Waals surface area contributed by atoms with Gasteiger partial charge in [-0.3, -0.25) is 0 Å². The highest BCUT2D eigenvalue weighted by Crippen LogP contribution is 2.18. The van der Waals surface area contributed by atoms with Crippen LogP contribution in [0.3, 0.4) is 0 Å². The van der Waals surface area contributed by atoms with Gasteiger partial charge in [-0.2, -0.15) is 0 Å². The van der Waals surface area contributed by atoms with Crippen LogP contribution in [-0.2, 0) is 6.54 Å². The maximum absolute atomic E-state index is 6.00. The van der Waals surface area contributed by atoms with E-state index in [4.69, 9.17) is 5.73 Å². The van der Waals surface area contributed by atoms with Gasteiger partial charge in [0.2, 0.25) is 0 Å². The van der Waals surface area contributed by atoms with Gasteiger partial charge in [0.15, 0.2) is 5.96 Å². The third-order valence-corrected chi connectivity index (χ3v) is 4.20. The SMILES string of the molecule is I.NC(=NCc1ccc2ccccc2c1)NC1CCCCC1. The molecule has 1 saturated carbocycles. The summed E-state index contributed by atoms with van der Waals surface area (Å²) in [5, 5.41) is 5.87. The van der Waals surface area contributed by atoms with Crippen LogP contribution in [0.15, 0.2) is 47.5 Å². The molecule has 3 rings (SSSR count). The Morgan fingerprint density at radius 3 is 2.55 bits per heavy atom. The number of guanidine groups is 1. The predicted octanol–water partition coefficient (Wildman–Crippen LogP) is 4.19. The molecule has 0 bridgehead atoms. The summed E-state index contributed by atoms with van der Waals surface area (Å²) in [6.45, 7) is 0.635. The van der Waals surface area contributed by atoms with Gasteiger partial charge in [0.1, 0.15) is 0 Å². The number of aliphatic imine (C=N–C) groups is 1. The third kappa shape index (κ3) is 4.60. The number of rotatable bonds is 3. The van der Waals surface area contributed by atoms with Crippen molar-refractivity contribution in [3.63, 3.8) is 0 Å². The zero-order valence-corrected chi connectivity index (χ0v) is 15.1. The standard InChI is InChI=1S/C18H23N3.HI/c19-18(21-17-8-2-1-3-9-17)20-13-14-10-11-15-6-4-5-7-16(15)12-14;/h4-7,10-12,17H,1-3,8-9,13H2,(H3,19,20,21);1H. The molecule has 118 valence electrons. The number of hydrogen-bond acceptors (Lipinski definition) is 1. The molecule has 0 atom stereocenters. The topological polar surface area (TPSA) is 50.4 Å². The van der Waals surface area contributed by atoms with Crippen molar-refractivity contribution in [3.8, 4) is 0 Å². The van der Waals surface area contributed by atoms with Crippen LogP contribution in [0.4, 0.5) is 0 Å². The van der Waals surface area contributed by atoms with Crippen molar-refractivity contribution >= 4 is 40.7 Å². The Bertz CT molecular complexity index is 633. The summed E-state index contributed by atoms with van der Waals surface area (Å²) >= 11 is 0. The first-order chi connectivity index (χ1) is 10.3. The van der Waals surface area contributed by atoms with E-state index in [2.05, 4.69) is 52.8 Å². The van der Waals surface area contributed by atoms with Crippen molar-refractivity contribution in [1.29, 1.82) is 0 Å². The Hall–Kier alpha value is -1.30. The molecule has 4 heteroatoms. The maximum atomic E-state index is 6.00. The molecule has 1 aliphatic rings. The van der Waals surface area contributed by atoms with E-state index in [1.54, 1.807) is 0 Å². The van der Waals surface area contributed by atoms with Gasteiger partial charge in [0.05, 0.1) is 6.54 Å². The number of nitrogens with two attached hydrogens (primary N) is 1. The number of nitrogens with one attached hydrogen (secondary N) is 1. The molecule has 2 aromatic carbocycles. The van der Waals surface area contributed by atoms with Crippen LogP contribution < -0.4 is 11.1 Å². The van der Waals surface area contributed by atoms with Crippen LogP contribution in [0.5, 0.6) is 0 Å². The zero-order valence-electron chi connectivity index (χ0n) is 12.8. The summed E-state index contributed by atoms with van der Waals surface area (Å²) in [6, 6.07) is 15.4. The van der Waals surface area contributed by atoms with Crippen molar-refractivity contribution in [1.82, 2.24) is 5.32 Å². The van der Waals surface area contributed by atoms with Gasteiger partial charge in [0.25, 0.3) is 0 Å². The lowest BCUT2D eigenvalue weighted by molar-refractivity contribution is 0.412. The van der Waals surface area contributed by atoms with Crippen LogP contribution in [0.1, 0.15) is 37.7 Å². The number of nitrogens with zero attached hydrogens (tertiary/aromatic N) is 1. The van der Waals surface area contributed by atoms with Crippen LogP contribution in [0.2, 0.25) is 0 Å². The average Bonchev–Trinajstić information content (AvgIpc) is 2.54. The molecule has 0 unspecified atom stereocenters. The second-order valence-corrected chi connectivity index (χ2v) is 5.86. The van der Waals surface area contributed by atoms with E-state index in [1.807, 2.05) is 0 Å². The van der Waals surface area contributed by atoms with Gasteiger partial charge < -0.3 is 11.1 Å². The monoisotopic (exact) mass is 409 g/mol. The van der Waals surface area contributed by atoms with Gasteiger partial charge in [-0.1, -0.05) is 55.7 Å². The summed E-state index contributed by atoms with van der Waals surface area (Å²) in [7, 11) is 0. The largest absolute Gasteiger partial charge is 0.370 e. The molecule has 1 aliphatic carbocycles. The first-order valence-corrected chi connectivity index (χ1v) is 7.85. The number of hydrogen-bond donors (Lipinski definition) is 2. The van der Waals surface area contributed by atoms with Crippen LogP contribution in [-0.4, -0.2) is 12.0 Å². The lowest BCUT2D eigenvalue weighted by Gasteiger charge is -2.23. The first kappa shape index (κ1) is 17.1. The molecule has 0 saturated heterocycles. The number of benzene rings is 2. The molecule has 0 heterocycles. The molecule has 22 heavy (non-hydrogen) atoms. The molecular formula is C18H24IN3. The lowest BCUT2D eigenvalue weighted by Crippen LogP contribution is -2.41. The lowest BCUT2D eigenvalue weighted by atomic mass is 9.96. The van der Waals surface area contributed by atoms with Crippen LogP contribution in [0, 0.1) is 0 Å². The second kappa shape index (κ2) is 8.36. The highest BCUT2D eigenvalue weighted by atomic mass is 127. The highest BCUT2D eigenvalue weighted by Gasteiger charge is 2.13. The number of fused-ring (bicyclic) bond motifs is 1. The van der Waals surface area contributed by atoms with Crippen molar-refractivity contribution in [2.75, 3.05) is 0 Å². The summed E-state index contributed by atoms with van der Waals surface area (Å²) in [5.41, 5.74) is 7.20. The van der Waals surface area contributed by atoms with E-state index >= 15 is 0 Å². The van der Waals surface area contributed by atoms with E-state index in [1.165, 1.54) is 48.4 Å². The molecule has 2 aromatic rings. The fourth-order valence-corrected chi connectivity index (χ4v) is 3.02. The zero-order chi connectivity index (χ0) is 14.5. The maximum Gasteiger partial charge on any atom is 0.189 e. The van der Waals surface area contributed by atoms with Gasteiger partial charge in [-0.25, -0.2) is 4.99 Å². The second-order valence-electron chi connectivity index (χ2n) is 5.86. The van der Waals surface area contributed by atoms with Crippen molar-refractivity contribution < 1.29 is 0 Å². The van der Waals surface area contributed by atoms with Gasteiger partial charge in [-0.15, -0.1) is 24.0 Å². The first-order valence-electron chi connectivity index (χ1n) is 7.85. The van der Waals surface area contributed by atoms with Gasteiger partial charge in [0, 0.05) is 6.04 Å². The molecule has 0 aromatic heterocycles. The van der Waals surface area contributed by atoms with Crippen molar-refractivity contribution in [3.05, 3.63) is 48.0 Å². The quantitative estimate of drug-likeness (QED) is 0.454. The highest BCUT2D eigenvalue weighted by molar-refractivity contribution is 14.0. The molecule has 0 amide bonds. The minimum absolute atomic E-state index is 0. The van der Waals surface area contributed by atoms with Crippen LogP contribution >= 0.6 is 24.0 Å². The molecule has 0 radical (unpaired) electrons. The van der Waals surface area contributed by atoms with E-state index in [0.717, 1.165) is 0 Å². The summed E-state index contributed by atoms with van der Waals surface area (Å²) in [4.78, 5) is 4.48. The van der Waals surface area contributed by atoms with E-state index in [-0.39, 0.29) is 24.0 Å². The van der Waals surface area contributed by atoms with Crippen molar-refractivity contribution in [2.45, 2.75) is 44.7 Å². The van der Waals surface area contributed by atoms with Gasteiger partial charge >= 0.3 is 0 Å². The fraction of sp³-hybridized carbons (Fsp3) is 0.389. The van der Waals surface area contributed by atoms with E-state index in [0.29, 0.717) is 18.5 Å². The molecule has 0 spiro atoms. The predicted molar refractivity (Wildman–Crippen MR) is 105 cm³/mol. The molecular weight excluding hydrogens is 385 g/mol. The van der Waals surface area contributed by atoms with E-state index in [9.17, 15) is 0 Å². The Balaban J connectivity index is 0.00000176. The van der Waals surface area contributed by atoms with Crippen molar-refractivity contribution in [2.24, 2.45) is 10.7 Å². The molecule has 1 fully saturated rings. The molecule has 0 aliphatic heterocycles. The Labute approximate surface area is 149 Å². The Morgan fingerprint density at radius 1 is 1.05 bits per heavy atom. The molecule has 3 nitrogen and oxygen atoms in total. The Morgan fingerprint density at radius 2 is 1.77 bits per heavy atom. The minimum atomic E-state index is 0. The fourth-order valence-electron chi connectivity index (χ4n) is 3.02. The Kier molecular flexibility index (Phi) is 6.49. The minimum Gasteiger partial charge on any atom is -0.370 e. The summed E-state index contributed by atoms with van der Waals surface area (Å²) < 4.78 is 0. The summed E-state index contributed by atoms with van der Waals surface area (Å²) in [6.07, 6.45) is 6.38. The summed E-state index contributed by atoms with van der Waals surface area (Å²) in [5.74, 6) is 0.579. The number of halogens is 1. The average molecular weight is 409 g/mol.